The molecule has 2 aromatic rings. The zero-order chi connectivity index (χ0) is 18.0. The molecule has 2 N–H and O–H groups in total. The van der Waals surface area contributed by atoms with Crippen LogP contribution in [0.25, 0.3) is 10.2 Å². The summed E-state index contributed by atoms with van der Waals surface area (Å²) in [6.45, 7) is 5.42. The first kappa shape index (κ1) is 18.5. The number of aromatic nitrogens is 2. The minimum atomic E-state index is -0.558. The highest BCUT2D eigenvalue weighted by Gasteiger charge is 2.21. The van der Waals surface area contributed by atoms with Gasteiger partial charge in [-0.15, -0.1) is 11.3 Å². The molecule has 1 atom stereocenters. The molecule has 0 radical (unpaired) electrons. The summed E-state index contributed by atoms with van der Waals surface area (Å²) in [7, 11) is 1.58. The molecular formula is C18H27N3O3S. The zero-order valence-electron chi connectivity index (χ0n) is 15.2. The summed E-state index contributed by atoms with van der Waals surface area (Å²) in [5, 5.41) is 10.8. The van der Waals surface area contributed by atoms with E-state index in [4.69, 9.17) is 9.72 Å². The van der Waals surface area contributed by atoms with E-state index in [-0.39, 0.29) is 11.6 Å². The van der Waals surface area contributed by atoms with Crippen LogP contribution in [-0.2, 0) is 24.1 Å². The molecule has 1 aliphatic carbocycles. The molecule has 3 rings (SSSR count). The predicted molar refractivity (Wildman–Crippen MR) is 100 cm³/mol. The summed E-state index contributed by atoms with van der Waals surface area (Å²) in [5.41, 5.74) is 1.18. The molecule has 0 saturated heterocycles. The molecule has 0 bridgehead atoms. The number of fused-ring (bicyclic) bond motifs is 3. The number of nitrogens with zero attached hydrogens (tertiary/aromatic N) is 2. The molecule has 2 heterocycles. The van der Waals surface area contributed by atoms with Crippen LogP contribution in [0.1, 0.15) is 43.0 Å². The van der Waals surface area contributed by atoms with Gasteiger partial charge in [0.1, 0.15) is 10.7 Å². The van der Waals surface area contributed by atoms with Gasteiger partial charge in [0.2, 0.25) is 0 Å². The third kappa shape index (κ3) is 4.11. The lowest BCUT2D eigenvalue weighted by molar-refractivity contribution is 0.0272. The monoisotopic (exact) mass is 365 g/mol. The quantitative estimate of drug-likeness (QED) is 0.785. The Kier molecular flexibility index (Phi) is 5.89. The van der Waals surface area contributed by atoms with E-state index in [1.165, 1.54) is 16.9 Å². The van der Waals surface area contributed by atoms with Crippen molar-refractivity contribution < 1.29 is 9.84 Å². The highest BCUT2D eigenvalue weighted by Crippen LogP contribution is 2.33. The highest BCUT2D eigenvalue weighted by atomic mass is 32.1. The molecule has 0 spiro atoms. The van der Waals surface area contributed by atoms with Crippen molar-refractivity contribution in [2.24, 2.45) is 0 Å². The number of nitrogens with one attached hydrogen (secondary N) is 1. The van der Waals surface area contributed by atoms with E-state index in [1.54, 1.807) is 18.4 Å². The van der Waals surface area contributed by atoms with Gasteiger partial charge >= 0.3 is 0 Å². The number of ether oxygens (including phenoxy) is 1. The SMILES string of the molecule is COC[C@@H](O)CN(Cc1nc2sc3c(c2c(=O)[nH]1)CCCC3)C(C)C. The third-order valence-electron chi connectivity index (χ3n) is 4.76. The molecule has 138 valence electrons. The number of aliphatic hydroxyl groups excluding tert-OH is 1. The van der Waals surface area contributed by atoms with Gasteiger partial charge in [0.25, 0.3) is 5.56 Å². The molecule has 0 unspecified atom stereocenters. The summed E-state index contributed by atoms with van der Waals surface area (Å²) in [6.07, 6.45) is 3.84. The van der Waals surface area contributed by atoms with E-state index in [9.17, 15) is 9.90 Å². The zero-order valence-corrected chi connectivity index (χ0v) is 16.0. The summed E-state index contributed by atoms with van der Waals surface area (Å²) in [5.74, 6) is 0.661. The molecule has 1 aliphatic rings. The van der Waals surface area contributed by atoms with Crippen LogP contribution in [0.5, 0.6) is 0 Å². The summed E-state index contributed by atoms with van der Waals surface area (Å²) in [6, 6.07) is 0.226. The van der Waals surface area contributed by atoms with Crippen molar-refractivity contribution in [2.45, 2.75) is 58.2 Å². The molecule has 0 saturated carbocycles. The van der Waals surface area contributed by atoms with Gasteiger partial charge in [-0.3, -0.25) is 9.69 Å². The lowest BCUT2D eigenvalue weighted by Crippen LogP contribution is -2.39. The smallest absolute Gasteiger partial charge is 0.259 e. The Morgan fingerprint density at radius 2 is 2.12 bits per heavy atom. The number of rotatable bonds is 7. The van der Waals surface area contributed by atoms with Gasteiger partial charge in [-0.25, -0.2) is 4.98 Å². The van der Waals surface area contributed by atoms with Crippen molar-refractivity contribution in [3.8, 4) is 0 Å². The largest absolute Gasteiger partial charge is 0.389 e. The Hall–Kier alpha value is -1.28. The van der Waals surface area contributed by atoms with Crippen molar-refractivity contribution in [1.82, 2.24) is 14.9 Å². The van der Waals surface area contributed by atoms with Crippen LogP contribution >= 0.6 is 11.3 Å². The number of aryl methyl sites for hydroxylation is 2. The van der Waals surface area contributed by atoms with E-state index >= 15 is 0 Å². The van der Waals surface area contributed by atoms with Gasteiger partial charge in [-0.05, 0) is 45.1 Å². The van der Waals surface area contributed by atoms with Crippen molar-refractivity contribution in [1.29, 1.82) is 0 Å². The number of aromatic amines is 1. The second-order valence-electron chi connectivity index (χ2n) is 7.04. The number of aliphatic hydroxyl groups is 1. The van der Waals surface area contributed by atoms with Crippen molar-refractivity contribution >= 4 is 21.6 Å². The second kappa shape index (κ2) is 7.95. The summed E-state index contributed by atoms with van der Waals surface area (Å²) in [4.78, 5) is 24.6. The molecule has 25 heavy (non-hydrogen) atoms. The fourth-order valence-corrected chi connectivity index (χ4v) is 4.73. The average molecular weight is 365 g/mol. The molecular weight excluding hydrogens is 338 g/mol. The molecule has 7 heteroatoms. The first-order chi connectivity index (χ1) is 12.0. The first-order valence-corrected chi connectivity index (χ1v) is 9.75. The first-order valence-electron chi connectivity index (χ1n) is 8.94. The van der Waals surface area contributed by atoms with E-state index in [0.717, 1.165) is 29.5 Å². The number of thiophene rings is 1. The number of methoxy groups -OCH3 is 1. The fraction of sp³-hybridized carbons (Fsp3) is 0.667. The third-order valence-corrected chi connectivity index (χ3v) is 5.95. The Morgan fingerprint density at radius 3 is 2.84 bits per heavy atom. The van der Waals surface area contributed by atoms with Crippen LogP contribution < -0.4 is 5.56 Å². The van der Waals surface area contributed by atoms with E-state index in [1.807, 2.05) is 0 Å². The standard InChI is InChI=1S/C18H27N3O3S/c1-11(2)21(8-12(22)10-24-3)9-15-19-17(23)16-13-6-4-5-7-14(13)25-18(16)20-15/h11-12,22H,4-10H2,1-3H3,(H,19,20,23)/t12-/m0/s1. The lowest BCUT2D eigenvalue weighted by atomic mass is 9.97. The Labute approximate surface area is 151 Å². The Balaban J connectivity index is 1.86. The van der Waals surface area contributed by atoms with Crippen molar-refractivity contribution in [2.75, 3.05) is 20.3 Å². The minimum Gasteiger partial charge on any atom is -0.389 e. The normalized spacial score (nSPS) is 15.9. The number of hydrogen-bond donors (Lipinski definition) is 2. The maximum atomic E-state index is 12.6. The van der Waals surface area contributed by atoms with Gasteiger partial charge in [-0.2, -0.15) is 0 Å². The molecule has 2 aromatic heterocycles. The highest BCUT2D eigenvalue weighted by molar-refractivity contribution is 7.18. The number of hydrogen-bond acceptors (Lipinski definition) is 6. The topological polar surface area (TPSA) is 78.5 Å². The van der Waals surface area contributed by atoms with Crippen LogP contribution in [0.2, 0.25) is 0 Å². The van der Waals surface area contributed by atoms with Gasteiger partial charge in [0, 0.05) is 24.6 Å². The van der Waals surface area contributed by atoms with Crippen LogP contribution in [0.15, 0.2) is 4.79 Å². The Morgan fingerprint density at radius 1 is 1.36 bits per heavy atom. The van der Waals surface area contributed by atoms with Gasteiger partial charge in [-0.1, -0.05) is 0 Å². The van der Waals surface area contributed by atoms with E-state index in [0.29, 0.717) is 25.5 Å². The maximum Gasteiger partial charge on any atom is 0.259 e. The van der Waals surface area contributed by atoms with Crippen LogP contribution in [0, 0.1) is 0 Å². The van der Waals surface area contributed by atoms with Gasteiger partial charge < -0.3 is 14.8 Å². The van der Waals surface area contributed by atoms with E-state index < -0.39 is 6.10 Å². The van der Waals surface area contributed by atoms with E-state index in [2.05, 4.69) is 23.7 Å². The van der Waals surface area contributed by atoms with Crippen molar-refractivity contribution in [3.05, 3.63) is 26.6 Å². The molecule has 0 fully saturated rings. The molecule has 0 aromatic carbocycles. The maximum absolute atomic E-state index is 12.6. The van der Waals surface area contributed by atoms with Crippen LogP contribution in [0.3, 0.4) is 0 Å². The van der Waals surface area contributed by atoms with Gasteiger partial charge in [0.05, 0.1) is 24.6 Å². The Bertz CT molecular complexity index is 784. The average Bonchev–Trinajstić information content (AvgIpc) is 2.93. The predicted octanol–water partition coefficient (Wildman–Crippen LogP) is 2.08. The molecule has 0 aliphatic heterocycles. The molecule has 0 amide bonds. The summed E-state index contributed by atoms with van der Waals surface area (Å²) < 4.78 is 5.01. The van der Waals surface area contributed by atoms with Gasteiger partial charge in [0.15, 0.2) is 0 Å². The minimum absolute atomic E-state index is 0.0273. The van der Waals surface area contributed by atoms with Crippen molar-refractivity contribution in [3.63, 3.8) is 0 Å². The second-order valence-corrected chi connectivity index (χ2v) is 8.12. The van der Waals surface area contributed by atoms with Crippen LogP contribution in [-0.4, -0.2) is 52.4 Å². The fourth-order valence-electron chi connectivity index (χ4n) is 3.45. The molecule has 6 nitrogen and oxygen atoms in total. The van der Waals surface area contributed by atoms with Crippen LogP contribution in [0.4, 0.5) is 0 Å². The number of H-pyrrole nitrogens is 1. The summed E-state index contributed by atoms with van der Waals surface area (Å²) >= 11 is 1.67. The lowest BCUT2D eigenvalue weighted by Gasteiger charge is -2.27.